The summed E-state index contributed by atoms with van der Waals surface area (Å²) in [5.41, 5.74) is 1.08. The first kappa shape index (κ1) is 13.1. The lowest BCUT2D eigenvalue weighted by Crippen LogP contribution is -1.91. The van der Waals surface area contributed by atoms with Crippen LogP contribution in [0.25, 0.3) is 10.1 Å². The lowest BCUT2D eigenvalue weighted by atomic mass is 10.2. The first-order chi connectivity index (χ1) is 8.02. The van der Waals surface area contributed by atoms with Gasteiger partial charge in [0.1, 0.15) is 0 Å². The van der Waals surface area contributed by atoms with Gasteiger partial charge in [0.05, 0.1) is 12.8 Å². The zero-order valence-electron chi connectivity index (χ0n) is 9.77. The normalized spacial score (nSPS) is 15.0. The molecule has 0 spiro atoms. The average molecular weight is 289 g/mol. The summed E-state index contributed by atoms with van der Waals surface area (Å²) < 4.78 is 18.6. The molecule has 92 valence electrons. The SMILES string of the molecule is CCOP(C)(=O)Cc1csc2cc(Cl)ccc12. The number of thiophene rings is 1. The molecule has 1 aromatic carbocycles. The molecule has 1 aromatic heterocycles. The molecule has 0 aliphatic heterocycles. The van der Waals surface area contributed by atoms with E-state index >= 15 is 0 Å². The maximum absolute atomic E-state index is 12.1. The molecule has 5 heteroatoms. The molecule has 0 saturated heterocycles. The Morgan fingerprint density at radius 2 is 2.24 bits per heavy atom. The van der Waals surface area contributed by atoms with E-state index in [2.05, 4.69) is 0 Å². The summed E-state index contributed by atoms with van der Waals surface area (Å²) in [4.78, 5) is 0. The van der Waals surface area contributed by atoms with Gasteiger partial charge in [-0.3, -0.25) is 4.57 Å². The summed E-state index contributed by atoms with van der Waals surface area (Å²) in [6.07, 6.45) is 0.489. The minimum absolute atomic E-state index is 0.488. The summed E-state index contributed by atoms with van der Waals surface area (Å²) in [5.74, 6) is 0. The molecule has 2 aromatic rings. The number of fused-ring (bicyclic) bond motifs is 1. The summed E-state index contributed by atoms with van der Waals surface area (Å²) in [5, 5.41) is 3.90. The van der Waals surface area contributed by atoms with E-state index in [9.17, 15) is 4.57 Å². The lowest BCUT2D eigenvalue weighted by Gasteiger charge is -2.11. The van der Waals surface area contributed by atoms with Gasteiger partial charge in [-0.2, -0.15) is 0 Å². The van der Waals surface area contributed by atoms with Crippen molar-refractivity contribution in [1.82, 2.24) is 0 Å². The fourth-order valence-electron chi connectivity index (χ4n) is 1.81. The molecule has 0 N–H and O–H groups in total. The van der Waals surface area contributed by atoms with Crippen molar-refractivity contribution < 1.29 is 9.09 Å². The molecule has 0 aliphatic carbocycles. The summed E-state index contributed by atoms with van der Waals surface area (Å²) >= 11 is 7.56. The van der Waals surface area contributed by atoms with Crippen LogP contribution in [0.2, 0.25) is 5.02 Å². The van der Waals surface area contributed by atoms with Gasteiger partial charge in [0.15, 0.2) is 0 Å². The van der Waals surface area contributed by atoms with Crippen LogP contribution in [0.5, 0.6) is 0 Å². The molecule has 0 fully saturated rings. The van der Waals surface area contributed by atoms with Gasteiger partial charge in [0.2, 0.25) is 7.37 Å². The van der Waals surface area contributed by atoms with Gasteiger partial charge in [-0.1, -0.05) is 17.7 Å². The van der Waals surface area contributed by atoms with Crippen LogP contribution in [0, 0.1) is 0 Å². The molecular weight excluding hydrogens is 275 g/mol. The van der Waals surface area contributed by atoms with Gasteiger partial charge in [0, 0.05) is 16.4 Å². The Hall–Kier alpha value is -0.340. The molecule has 0 radical (unpaired) electrons. The number of benzene rings is 1. The smallest absolute Gasteiger partial charge is 0.204 e. The van der Waals surface area contributed by atoms with Crippen molar-refractivity contribution in [2.45, 2.75) is 13.1 Å². The molecular formula is C12H14ClO2PS. The molecule has 0 bridgehead atoms. The topological polar surface area (TPSA) is 26.3 Å². The van der Waals surface area contributed by atoms with E-state index in [4.69, 9.17) is 16.1 Å². The zero-order valence-corrected chi connectivity index (χ0v) is 12.2. The van der Waals surface area contributed by atoms with Crippen LogP contribution in [0.1, 0.15) is 12.5 Å². The predicted molar refractivity (Wildman–Crippen MR) is 75.7 cm³/mol. The minimum atomic E-state index is -2.52. The van der Waals surface area contributed by atoms with E-state index in [1.807, 2.05) is 30.5 Å². The van der Waals surface area contributed by atoms with Gasteiger partial charge >= 0.3 is 0 Å². The van der Waals surface area contributed by atoms with Crippen molar-refractivity contribution in [3.05, 3.63) is 34.2 Å². The molecule has 2 nitrogen and oxygen atoms in total. The van der Waals surface area contributed by atoms with Crippen LogP contribution < -0.4 is 0 Å². The number of halogens is 1. The van der Waals surface area contributed by atoms with Crippen molar-refractivity contribution in [3.8, 4) is 0 Å². The second-order valence-corrected chi connectivity index (χ2v) is 7.94. The molecule has 1 unspecified atom stereocenters. The van der Waals surface area contributed by atoms with Gasteiger partial charge < -0.3 is 4.52 Å². The van der Waals surface area contributed by atoms with Crippen molar-refractivity contribution in [2.24, 2.45) is 0 Å². The van der Waals surface area contributed by atoms with Crippen molar-refractivity contribution in [2.75, 3.05) is 13.3 Å². The van der Waals surface area contributed by atoms with E-state index in [1.165, 1.54) is 0 Å². The first-order valence-corrected chi connectivity index (χ1v) is 8.90. The molecule has 0 aliphatic rings. The number of hydrogen-bond donors (Lipinski definition) is 0. The maximum Gasteiger partial charge on any atom is 0.204 e. The molecule has 0 amide bonds. The third-order valence-electron chi connectivity index (χ3n) is 2.48. The van der Waals surface area contributed by atoms with E-state index in [0.29, 0.717) is 12.8 Å². The van der Waals surface area contributed by atoms with Crippen LogP contribution in [0.4, 0.5) is 0 Å². The average Bonchev–Trinajstić information content (AvgIpc) is 2.60. The van der Waals surface area contributed by atoms with Gasteiger partial charge in [-0.25, -0.2) is 0 Å². The number of rotatable bonds is 4. The summed E-state index contributed by atoms with van der Waals surface area (Å²) in [6, 6.07) is 5.78. The van der Waals surface area contributed by atoms with Gasteiger partial charge in [-0.05, 0) is 35.4 Å². The van der Waals surface area contributed by atoms with Crippen LogP contribution in [0.3, 0.4) is 0 Å². The van der Waals surface area contributed by atoms with Gasteiger partial charge in [-0.15, -0.1) is 11.3 Å². The van der Waals surface area contributed by atoms with Crippen LogP contribution in [-0.4, -0.2) is 13.3 Å². The molecule has 1 heterocycles. The first-order valence-electron chi connectivity index (χ1n) is 5.38. The quantitative estimate of drug-likeness (QED) is 0.740. The van der Waals surface area contributed by atoms with E-state index in [-0.39, 0.29) is 0 Å². The van der Waals surface area contributed by atoms with Crippen LogP contribution in [0.15, 0.2) is 23.6 Å². The maximum atomic E-state index is 12.1. The third-order valence-corrected chi connectivity index (χ3v) is 5.43. The predicted octanol–water partition coefficient (Wildman–Crippen LogP) is 5.00. The molecule has 2 rings (SSSR count). The zero-order chi connectivity index (χ0) is 12.5. The molecule has 0 saturated carbocycles. The monoisotopic (exact) mass is 288 g/mol. The van der Waals surface area contributed by atoms with Crippen LogP contribution >= 0.6 is 30.3 Å². The highest BCUT2D eigenvalue weighted by Gasteiger charge is 2.18. The Kier molecular flexibility index (Phi) is 3.94. The highest BCUT2D eigenvalue weighted by molar-refractivity contribution is 7.57. The van der Waals surface area contributed by atoms with Gasteiger partial charge in [0.25, 0.3) is 0 Å². The minimum Gasteiger partial charge on any atom is -0.329 e. The summed E-state index contributed by atoms with van der Waals surface area (Å²) in [6.45, 7) is 4.04. The molecule has 1 atom stereocenters. The Balaban J connectivity index is 2.34. The van der Waals surface area contributed by atoms with E-state index in [1.54, 1.807) is 18.0 Å². The standard InChI is InChI=1S/C12H14ClO2PS/c1-3-15-16(2,14)7-9-8-17-12-6-10(13)4-5-11(9)12/h4-6,8H,3,7H2,1-2H3. The number of hydrogen-bond acceptors (Lipinski definition) is 3. The highest BCUT2D eigenvalue weighted by atomic mass is 35.5. The fraction of sp³-hybridized carbons (Fsp3) is 0.333. The van der Waals surface area contributed by atoms with Crippen molar-refractivity contribution in [1.29, 1.82) is 0 Å². The van der Waals surface area contributed by atoms with Crippen molar-refractivity contribution >= 4 is 40.4 Å². The Morgan fingerprint density at radius 1 is 1.47 bits per heavy atom. The van der Waals surface area contributed by atoms with Crippen molar-refractivity contribution in [3.63, 3.8) is 0 Å². The third kappa shape index (κ3) is 3.11. The Morgan fingerprint density at radius 3 is 2.94 bits per heavy atom. The fourth-order valence-corrected chi connectivity index (χ4v) is 4.69. The molecule has 17 heavy (non-hydrogen) atoms. The Bertz CT molecular complexity index is 579. The lowest BCUT2D eigenvalue weighted by molar-refractivity contribution is 0.336. The second kappa shape index (κ2) is 5.11. The summed E-state index contributed by atoms with van der Waals surface area (Å²) in [7, 11) is -2.52. The van der Waals surface area contributed by atoms with E-state index in [0.717, 1.165) is 20.7 Å². The largest absolute Gasteiger partial charge is 0.329 e. The van der Waals surface area contributed by atoms with E-state index < -0.39 is 7.37 Å². The Labute approximate surface area is 110 Å². The van der Waals surface area contributed by atoms with Crippen LogP contribution in [-0.2, 0) is 15.3 Å². The second-order valence-electron chi connectivity index (χ2n) is 3.99. The highest BCUT2D eigenvalue weighted by Crippen LogP contribution is 2.48.